The number of terminal acetylenes is 1. The highest BCUT2D eigenvalue weighted by molar-refractivity contribution is 9.10. The minimum Gasteiger partial charge on any atom is -0.490 e. The van der Waals surface area contributed by atoms with Crippen LogP contribution in [0.15, 0.2) is 52.6 Å². The van der Waals surface area contributed by atoms with Gasteiger partial charge in [0.25, 0.3) is 5.91 Å². The van der Waals surface area contributed by atoms with E-state index in [0.717, 1.165) is 0 Å². The Balaban J connectivity index is 2.15. The van der Waals surface area contributed by atoms with Crippen LogP contribution in [0, 0.1) is 12.3 Å². The van der Waals surface area contributed by atoms with Gasteiger partial charge in [-0.1, -0.05) is 18.6 Å². The lowest BCUT2D eigenvalue weighted by atomic mass is 10.2. The summed E-state index contributed by atoms with van der Waals surface area (Å²) in [6.45, 7) is 8.68. The van der Waals surface area contributed by atoms with E-state index in [9.17, 15) is 4.79 Å². The van der Waals surface area contributed by atoms with Gasteiger partial charge in [-0.2, -0.15) is 5.10 Å². The third-order valence-electron chi connectivity index (χ3n) is 3.87. The summed E-state index contributed by atoms with van der Waals surface area (Å²) in [7, 11) is 0. The SMILES string of the molecule is C#CCOc1c(Br)cc(/C=N/NC(=O)c2ccc(OCC=C)c(OCC)c2)cc1OCC. The third kappa shape index (κ3) is 7.06. The number of benzene rings is 2. The standard InChI is InChI=1S/C24H25BrN2O5/c1-5-11-31-20-10-9-18(15-21(20)29-7-3)24(28)27-26-16-17-13-19(25)23(32-12-6-2)22(14-17)30-8-4/h2,5,9-10,13-16H,1,7-8,11-12H2,3-4H3,(H,27,28)/b26-16+. The van der Waals surface area contributed by atoms with Crippen LogP contribution in [0.1, 0.15) is 29.8 Å². The van der Waals surface area contributed by atoms with E-state index >= 15 is 0 Å². The maximum Gasteiger partial charge on any atom is 0.271 e. The highest BCUT2D eigenvalue weighted by Crippen LogP contribution is 2.36. The molecule has 0 aromatic heterocycles. The predicted molar refractivity (Wildman–Crippen MR) is 128 cm³/mol. The van der Waals surface area contributed by atoms with E-state index in [4.69, 9.17) is 25.4 Å². The van der Waals surface area contributed by atoms with Crippen LogP contribution >= 0.6 is 15.9 Å². The number of carbonyl (C=O) groups excluding carboxylic acids is 1. The highest BCUT2D eigenvalue weighted by Gasteiger charge is 2.13. The van der Waals surface area contributed by atoms with Crippen molar-refractivity contribution in [3.05, 3.63) is 58.6 Å². The summed E-state index contributed by atoms with van der Waals surface area (Å²) in [5, 5.41) is 4.04. The van der Waals surface area contributed by atoms with E-state index in [2.05, 4.69) is 39.0 Å². The Labute approximate surface area is 196 Å². The lowest BCUT2D eigenvalue weighted by Gasteiger charge is -2.13. The molecule has 168 valence electrons. The molecule has 0 aliphatic heterocycles. The molecule has 1 amide bonds. The van der Waals surface area contributed by atoms with E-state index in [1.807, 2.05) is 13.8 Å². The van der Waals surface area contributed by atoms with Crippen LogP contribution in [0.5, 0.6) is 23.0 Å². The Bertz CT molecular complexity index is 1010. The molecule has 0 saturated heterocycles. The minimum absolute atomic E-state index is 0.114. The first-order chi connectivity index (χ1) is 15.5. The molecule has 0 unspecified atom stereocenters. The highest BCUT2D eigenvalue weighted by atomic mass is 79.9. The Morgan fingerprint density at radius 3 is 2.56 bits per heavy atom. The quantitative estimate of drug-likeness (QED) is 0.199. The first-order valence-electron chi connectivity index (χ1n) is 9.90. The zero-order chi connectivity index (χ0) is 23.3. The van der Waals surface area contributed by atoms with Crippen LogP contribution in [0.2, 0.25) is 0 Å². The summed E-state index contributed by atoms with van der Waals surface area (Å²) in [6, 6.07) is 8.44. The molecule has 2 aromatic rings. The zero-order valence-corrected chi connectivity index (χ0v) is 19.6. The molecule has 1 N–H and O–H groups in total. The van der Waals surface area contributed by atoms with Crippen molar-refractivity contribution in [1.29, 1.82) is 0 Å². The van der Waals surface area contributed by atoms with Gasteiger partial charge in [0.15, 0.2) is 23.0 Å². The van der Waals surface area contributed by atoms with Crippen molar-refractivity contribution in [2.45, 2.75) is 13.8 Å². The number of nitrogens with one attached hydrogen (secondary N) is 1. The summed E-state index contributed by atoms with van der Waals surface area (Å²) in [4.78, 5) is 12.5. The van der Waals surface area contributed by atoms with Crippen LogP contribution in [0.3, 0.4) is 0 Å². The van der Waals surface area contributed by atoms with Gasteiger partial charge in [-0.15, -0.1) is 6.42 Å². The Kier molecular flexibility index (Phi) is 10.1. The molecule has 0 radical (unpaired) electrons. The van der Waals surface area contributed by atoms with Crippen LogP contribution in [0.25, 0.3) is 0 Å². The van der Waals surface area contributed by atoms with E-state index in [1.54, 1.807) is 36.4 Å². The number of ether oxygens (including phenoxy) is 4. The van der Waals surface area contributed by atoms with Crippen molar-refractivity contribution in [2.24, 2.45) is 5.10 Å². The lowest BCUT2D eigenvalue weighted by Crippen LogP contribution is -2.17. The van der Waals surface area contributed by atoms with Crippen molar-refractivity contribution in [1.82, 2.24) is 5.43 Å². The summed E-state index contributed by atoms with van der Waals surface area (Å²) >= 11 is 3.45. The molecule has 0 aliphatic carbocycles. The number of nitrogens with zero attached hydrogens (tertiary/aromatic N) is 1. The van der Waals surface area contributed by atoms with Crippen LogP contribution in [0.4, 0.5) is 0 Å². The molecule has 2 rings (SSSR count). The minimum atomic E-state index is -0.393. The number of rotatable bonds is 12. The van der Waals surface area contributed by atoms with Crippen LogP contribution in [-0.4, -0.2) is 38.5 Å². The van der Waals surface area contributed by atoms with Gasteiger partial charge in [-0.25, -0.2) is 5.43 Å². The van der Waals surface area contributed by atoms with Gasteiger partial charge in [0.1, 0.15) is 13.2 Å². The molecule has 2 aromatic carbocycles. The number of halogens is 1. The monoisotopic (exact) mass is 500 g/mol. The third-order valence-corrected chi connectivity index (χ3v) is 4.46. The molecule has 0 spiro atoms. The van der Waals surface area contributed by atoms with E-state index in [1.165, 1.54) is 6.21 Å². The van der Waals surface area contributed by atoms with Gasteiger partial charge >= 0.3 is 0 Å². The summed E-state index contributed by atoms with van der Waals surface area (Å²) < 4.78 is 22.9. The van der Waals surface area contributed by atoms with Gasteiger partial charge in [-0.05, 0) is 65.7 Å². The topological polar surface area (TPSA) is 78.4 Å². The molecule has 0 aliphatic rings. The summed E-state index contributed by atoms with van der Waals surface area (Å²) in [6.07, 6.45) is 8.40. The van der Waals surface area contributed by atoms with Crippen molar-refractivity contribution in [3.8, 4) is 35.3 Å². The predicted octanol–water partition coefficient (Wildman–Crippen LogP) is 4.59. The fraction of sp³-hybridized carbons (Fsp3) is 0.250. The maximum atomic E-state index is 12.5. The number of carbonyl (C=O) groups is 1. The normalized spacial score (nSPS) is 10.3. The largest absolute Gasteiger partial charge is 0.490 e. The molecule has 0 atom stereocenters. The maximum absolute atomic E-state index is 12.5. The molecular weight excluding hydrogens is 476 g/mol. The number of hydrogen-bond acceptors (Lipinski definition) is 6. The van der Waals surface area contributed by atoms with Crippen molar-refractivity contribution in [3.63, 3.8) is 0 Å². The molecule has 32 heavy (non-hydrogen) atoms. The van der Waals surface area contributed by atoms with Gasteiger partial charge in [0.05, 0.1) is 23.9 Å². The van der Waals surface area contributed by atoms with Crippen molar-refractivity contribution in [2.75, 3.05) is 26.4 Å². The van der Waals surface area contributed by atoms with Gasteiger partial charge < -0.3 is 18.9 Å². The van der Waals surface area contributed by atoms with Crippen molar-refractivity contribution < 1.29 is 23.7 Å². The Morgan fingerprint density at radius 1 is 1.12 bits per heavy atom. The zero-order valence-electron chi connectivity index (χ0n) is 18.0. The summed E-state index contributed by atoms with van der Waals surface area (Å²) in [5.74, 6) is 4.06. The summed E-state index contributed by atoms with van der Waals surface area (Å²) in [5.41, 5.74) is 3.58. The molecule has 8 heteroatoms. The average Bonchev–Trinajstić information content (AvgIpc) is 2.78. The first kappa shape index (κ1) is 24.8. The van der Waals surface area contributed by atoms with E-state index in [-0.39, 0.29) is 6.61 Å². The molecule has 7 nitrogen and oxygen atoms in total. The Hall–Kier alpha value is -3.44. The first-order valence-corrected chi connectivity index (χ1v) is 10.7. The Morgan fingerprint density at radius 2 is 1.88 bits per heavy atom. The molecule has 0 saturated carbocycles. The van der Waals surface area contributed by atoms with E-state index < -0.39 is 5.91 Å². The molecular formula is C24H25BrN2O5. The van der Waals surface area contributed by atoms with Crippen molar-refractivity contribution >= 4 is 28.1 Å². The number of hydrogen-bond donors (Lipinski definition) is 1. The smallest absolute Gasteiger partial charge is 0.271 e. The number of hydrazone groups is 1. The van der Waals surface area contributed by atoms with Crippen LogP contribution in [-0.2, 0) is 0 Å². The second-order valence-electron chi connectivity index (χ2n) is 6.15. The second-order valence-corrected chi connectivity index (χ2v) is 7.00. The molecule has 0 bridgehead atoms. The number of amides is 1. The average molecular weight is 501 g/mol. The van der Waals surface area contributed by atoms with Gasteiger partial charge in [0.2, 0.25) is 0 Å². The second kappa shape index (κ2) is 13.1. The molecule has 0 heterocycles. The fourth-order valence-corrected chi connectivity index (χ4v) is 3.17. The van der Waals surface area contributed by atoms with Gasteiger partial charge in [0, 0.05) is 5.56 Å². The molecule has 0 fully saturated rings. The van der Waals surface area contributed by atoms with Crippen LogP contribution < -0.4 is 24.4 Å². The van der Waals surface area contributed by atoms with Gasteiger partial charge in [-0.3, -0.25) is 4.79 Å². The fourth-order valence-electron chi connectivity index (χ4n) is 2.59. The van der Waals surface area contributed by atoms with E-state index in [0.29, 0.717) is 58.4 Å². The lowest BCUT2D eigenvalue weighted by molar-refractivity contribution is 0.0954.